The lowest BCUT2D eigenvalue weighted by Crippen LogP contribution is -2.40. The molecule has 50 heavy (non-hydrogen) atoms. The minimum Gasteiger partial charge on any atom is -0.381 e. The molecule has 5 rings (SSSR count). The summed E-state index contributed by atoms with van der Waals surface area (Å²) in [6.07, 6.45) is 3.70. The van der Waals surface area contributed by atoms with Gasteiger partial charge in [0.25, 0.3) is 11.5 Å². The number of nitrogens with two attached hydrogens (primary N) is 1. The minimum atomic E-state index is -0.512. The maximum atomic E-state index is 13.8. The second-order valence-electron chi connectivity index (χ2n) is 12.5. The number of primary amides is 1. The number of carbonyl (C=O) groups excluding carboxylic acids is 2. The minimum absolute atomic E-state index is 0.124. The zero-order valence-corrected chi connectivity index (χ0v) is 29.3. The first-order valence-electron chi connectivity index (χ1n) is 17.1. The summed E-state index contributed by atoms with van der Waals surface area (Å²) in [7, 11) is 0. The molecule has 2 amide bonds. The second-order valence-corrected chi connectivity index (χ2v) is 12.5. The van der Waals surface area contributed by atoms with E-state index in [1.165, 1.54) is 0 Å². The fourth-order valence-corrected chi connectivity index (χ4v) is 6.31. The zero-order chi connectivity index (χ0) is 35.6. The highest BCUT2D eigenvalue weighted by Crippen LogP contribution is 2.34. The Balaban J connectivity index is 1.35. The summed E-state index contributed by atoms with van der Waals surface area (Å²) in [5.74, 6) is -0.745. The Morgan fingerprint density at radius 3 is 2.44 bits per heavy atom. The normalized spacial score (nSPS) is 13.4. The molecule has 4 N–H and O–H groups in total. The van der Waals surface area contributed by atoms with Crippen molar-refractivity contribution in [1.29, 1.82) is 0 Å². The van der Waals surface area contributed by atoms with Crippen LogP contribution in [0.5, 0.6) is 0 Å². The second kappa shape index (κ2) is 17.2. The molecule has 1 saturated heterocycles. The highest BCUT2D eigenvalue weighted by Gasteiger charge is 2.25. The van der Waals surface area contributed by atoms with Gasteiger partial charge >= 0.3 is 0 Å². The third-order valence-electron chi connectivity index (χ3n) is 8.96. The van der Waals surface area contributed by atoms with Crippen LogP contribution in [-0.2, 0) is 32.1 Å². The van der Waals surface area contributed by atoms with Gasteiger partial charge in [-0.1, -0.05) is 29.5 Å². The smallest absolute Gasteiger partial charge is 0.253 e. The third-order valence-corrected chi connectivity index (χ3v) is 8.96. The molecule has 2 aromatic heterocycles. The van der Waals surface area contributed by atoms with Crippen LogP contribution < -0.4 is 21.5 Å². The lowest BCUT2D eigenvalue weighted by atomic mass is 9.94. The van der Waals surface area contributed by atoms with Crippen LogP contribution in [0.4, 0.5) is 5.69 Å². The fourth-order valence-electron chi connectivity index (χ4n) is 6.31. The van der Waals surface area contributed by atoms with Crippen molar-refractivity contribution in [2.75, 3.05) is 51.1 Å². The van der Waals surface area contributed by atoms with Gasteiger partial charge in [0.1, 0.15) is 12.3 Å². The van der Waals surface area contributed by atoms with Gasteiger partial charge in [-0.15, -0.1) is 5.10 Å². The molecule has 0 radical (unpaired) electrons. The van der Waals surface area contributed by atoms with Gasteiger partial charge in [-0.2, -0.15) is 0 Å². The van der Waals surface area contributed by atoms with Crippen molar-refractivity contribution in [3.05, 3.63) is 87.0 Å². The Labute approximate surface area is 292 Å². The molecule has 266 valence electrons. The quantitative estimate of drug-likeness (QED) is 0.149. The molecule has 0 unspecified atom stereocenters. The molecule has 1 aliphatic rings. The SMILES string of the molecule is CCN(c1cc(-c2ccc(-c3cn(CCOCCOCC(N)=O)nn3)cc2)cc(C(=O)NCc2c(C)cc(C)[nH]c2=O)c1C)C1CCOCC1. The number of pyridine rings is 1. The molecule has 13 nitrogen and oxygen atoms in total. The zero-order valence-electron chi connectivity index (χ0n) is 29.3. The van der Waals surface area contributed by atoms with E-state index in [1.807, 2.05) is 63.4 Å². The predicted octanol–water partition coefficient (Wildman–Crippen LogP) is 3.68. The molecule has 1 fully saturated rings. The number of aryl methyl sites for hydroxylation is 2. The number of rotatable bonds is 16. The summed E-state index contributed by atoms with van der Waals surface area (Å²) in [6, 6.07) is 14.4. The van der Waals surface area contributed by atoms with Crippen LogP contribution >= 0.6 is 0 Å². The van der Waals surface area contributed by atoms with Gasteiger partial charge < -0.3 is 35.1 Å². The van der Waals surface area contributed by atoms with Gasteiger partial charge in [-0.25, -0.2) is 4.68 Å². The summed E-state index contributed by atoms with van der Waals surface area (Å²) < 4.78 is 18.0. The van der Waals surface area contributed by atoms with E-state index in [0.29, 0.717) is 50.1 Å². The lowest BCUT2D eigenvalue weighted by molar-refractivity contribution is -0.123. The number of nitrogens with zero attached hydrogens (tertiary/aromatic N) is 4. The van der Waals surface area contributed by atoms with Gasteiger partial charge in [0.15, 0.2) is 0 Å². The van der Waals surface area contributed by atoms with Crippen molar-refractivity contribution < 1.29 is 23.8 Å². The Morgan fingerprint density at radius 2 is 1.74 bits per heavy atom. The Kier molecular flexibility index (Phi) is 12.5. The number of aromatic nitrogens is 4. The number of hydrogen-bond donors (Lipinski definition) is 3. The van der Waals surface area contributed by atoms with Crippen LogP contribution in [-0.4, -0.2) is 84.0 Å². The number of aromatic amines is 1. The van der Waals surface area contributed by atoms with Crippen molar-refractivity contribution in [2.24, 2.45) is 5.73 Å². The predicted molar refractivity (Wildman–Crippen MR) is 191 cm³/mol. The van der Waals surface area contributed by atoms with Gasteiger partial charge in [-0.3, -0.25) is 14.4 Å². The van der Waals surface area contributed by atoms with Crippen LogP contribution in [0.25, 0.3) is 22.4 Å². The molecular formula is C37H47N7O6. The van der Waals surface area contributed by atoms with Gasteiger partial charge in [-0.05, 0) is 81.0 Å². The first-order valence-corrected chi connectivity index (χ1v) is 17.1. The maximum Gasteiger partial charge on any atom is 0.253 e. The third kappa shape index (κ3) is 9.23. The standard InChI is InChI=1S/C37H47N7O6/c1-5-44(30-10-13-48-14-11-30)34-20-29(19-31(26(34)4)36(46)39-21-32-24(2)18-25(3)40-37(32)47)27-6-8-28(9-7-27)33-22-43(42-41-33)12-15-49-16-17-50-23-35(38)45/h6-9,18-20,22,30H,5,10-17,21,23H2,1-4H3,(H2,38,45)(H,39,46)(H,40,47). The largest absolute Gasteiger partial charge is 0.381 e. The molecule has 0 bridgehead atoms. The van der Waals surface area contributed by atoms with E-state index in [4.69, 9.17) is 19.9 Å². The van der Waals surface area contributed by atoms with E-state index in [0.717, 1.165) is 64.3 Å². The van der Waals surface area contributed by atoms with E-state index in [-0.39, 0.29) is 31.2 Å². The molecule has 1 aliphatic heterocycles. The summed E-state index contributed by atoms with van der Waals surface area (Å²) in [4.78, 5) is 42.5. The summed E-state index contributed by atoms with van der Waals surface area (Å²) in [5.41, 5.74) is 13.0. The molecule has 0 spiro atoms. The molecule has 2 aromatic carbocycles. The number of hydrogen-bond acceptors (Lipinski definition) is 9. The molecule has 4 aromatic rings. The van der Waals surface area contributed by atoms with Crippen molar-refractivity contribution >= 4 is 17.5 Å². The number of nitrogens with one attached hydrogen (secondary N) is 2. The Morgan fingerprint density at radius 1 is 1.02 bits per heavy atom. The van der Waals surface area contributed by atoms with E-state index in [1.54, 1.807) is 4.68 Å². The molecule has 0 aliphatic carbocycles. The monoisotopic (exact) mass is 685 g/mol. The van der Waals surface area contributed by atoms with Crippen LogP contribution in [0.3, 0.4) is 0 Å². The van der Waals surface area contributed by atoms with E-state index in [9.17, 15) is 14.4 Å². The van der Waals surface area contributed by atoms with Crippen LogP contribution in [0.1, 0.15) is 52.5 Å². The average Bonchev–Trinajstić information content (AvgIpc) is 3.58. The number of H-pyrrole nitrogens is 1. The summed E-state index contributed by atoms with van der Waals surface area (Å²) >= 11 is 0. The number of anilines is 1. The topological polar surface area (TPSA) is 167 Å². The van der Waals surface area contributed by atoms with Crippen molar-refractivity contribution in [2.45, 2.75) is 59.7 Å². The summed E-state index contributed by atoms with van der Waals surface area (Å²) in [6.45, 7) is 11.6. The van der Waals surface area contributed by atoms with Gasteiger partial charge in [0.2, 0.25) is 5.91 Å². The highest BCUT2D eigenvalue weighted by atomic mass is 16.5. The van der Waals surface area contributed by atoms with E-state index in [2.05, 4.69) is 38.5 Å². The number of ether oxygens (including phenoxy) is 3. The Hall–Kier alpha value is -4.85. The molecule has 0 atom stereocenters. The maximum absolute atomic E-state index is 13.8. The first-order chi connectivity index (χ1) is 24.1. The first kappa shape index (κ1) is 36.4. The lowest BCUT2D eigenvalue weighted by Gasteiger charge is -2.37. The number of benzene rings is 2. The molecule has 3 heterocycles. The fraction of sp³-hybridized carbons (Fsp3) is 0.432. The van der Waals surface area contributed by atoms with Crippen molar-refractivity contribution in [1.82, 2.24) is 25.3 Å². The molecule has 13 heteroatoms. The Bertz CT molecular complexity index is 1830. The van der Waals surface area contributed by atoms with Crippen molar-refractivity contribution in [3.63, 3.8) is 0 Å². The van der Waals surface area contributed by atoms with E-state index >= 15 is 0 Å². The highest BCUT2D eigenvalue weighted by molar-refractivity contribution is 5.99. The molecular weight excluding hydrogens is 638 g/mol. The summed E-state index contributed by atoms with van der Waals surface area (Å²) in [5, 5.41) is 11.6. The van der Waals surface area contributed by atoms with Crippen LogP contribution in [0.2, 0.25) is 0 Å². The van der Waals surface area contributed by atoms with Gasteiger partial charge in [0.05, 0.1) is 32.6 Å². The number of amides is 2. The van der Waals surface area contributed by atoms with Crippen LogP contribution in [0, 0.1) is 20.8 Å². The van der Waals surface area contributed by atoms with E-state index < -0.39 is 5.91 Å². The van der Waals surface area contributed by atoms with Crippen molar-refractivity contribution in [3.8, 4) is 22.4 Å². The number of carbonyl (C=O) groups is 2. The molecule has 0 saturated carbocycles. The average molecular weight is 686 g/mol. The van der Waals surface area contributed by atoms with Crippen LogP contribution in [0.15, 0.2) is 53.5 Å². The van der Waals surface area contributed by atoms with Gasteiger partial charge in [0, 0.05) is 60.4 Å².